The Hall–Kier alpha value is -5.34. The lowest BCUT2D eigenvalue weighted by molar-refractivity contribution is 0.574. The molecule has 2 nitrogen and oxygen atoms in total. The molecule has 6 aromatic carbocycles. The van der Waals surface area contributed by atoms with E-state index in [1.54, 1.807) is 11.1 Å². The molecule has 2 aliphatic carbocycles. The van der Waals surface area contributed by atoms with E-state index < -0.39 is 0 Å². The van der Waals surface area contributed by atoms with Crippen molar-refractivity contribution in [2.45, 2.75) is 44.9 Å². The van der Waals surface area contributed by atoms with Crippen LogP contribution in [0.3, 0.4) is 0 Å². The molecule has 47 heavy (non-hydrogen) atoms. The summed E-state index contributed by atoms with van der Waals surface area (Å²) in [5.74, 6) is 0. The maximum atomic E-state index is 2.53. The fraction of sp³-hybridized carbons (Fsp3) is 0.156. The standard InChI is InChI=1S/C45H36N2/c1-45(2)39-19-11-9-17-33(39)36-27-38-35-23-21-30(26-43(35)47(44(38)28-40(36)45)32-15-7-4-8-16-32)29-22-24-42-37(25-29)34-18-10-12-20-41(34)46(42)31-13-5-3-6-14-31/h3-8,10,12-16,18,20-28H,9,11,17,19H2,1-2H3. The molecule has 226 valence electrons. The lowest BCUT2D eigenvalue weighted by Gasteiger charge is -2.27. The van der Waals surface area contributed by atoms with Gasteiger partial charge in [0.05, 0.1) is 22.1 Å². The van der Waals surface area contributed by atoms with Crippen LogP contribution in [0.2, 0.25) is 0 Å². The number of para-hydroxylation sites is 3. The molecule has 0 bridgehead atoms. The molecular formula is C45H36N2. The second kappa shape index (κ2) is 9.83. The minimum Gasteiger partial charge on any atom is -0.309 e. The predicted molar refractivity (Wildman–Crippen MR) is 199 cm³/mol. The highest BCUT2D eigenvalue weighted by molar-refractivity contribution is 6.13. The van der Waals surface area contributed by atoms with E-state index >= 15 is 0 Å². The van der Waals surface area contributed by atoms with Crippen molar-refractivity contribution in [1.82, 2.24) is 9.13 Å². The molecule has 0 unspecified atom stereocenters. The Morgan fingerprint density at radius 2 is 1.04 bits per heavy atom. The third-order valence-electron chi connectivity index (χ3n) is 11.2. The van der Waals surface area contributed by atoms with Gasteiger partial charge in [-0.1, -0.05) is 92.2 Å². The van der Waals surface area contributed by atoms with E-state index in [0.29, 0.717) is 0 Å². The van der Waals surface area contributed by atoms with Gasteiger partial charge in [0, 0.05) is 38.3 Å². The van der Waals surface area contributed by atoms with Crippen molar-refractivity contribution < 1.29 is 0 Å². The number of hydrogen-bond donors (Lipinski definition) is 0. The molecule has 0 radical (unpaired) electrons. The molecule has 0 aliphatic heterocycles. The van der Waals surface area contributed by atoms with Crippen LogP contribution in [0.15, 0.2) is 139 Å². The summed E-state index contributed by atoms with van der Waals surface area (Å²) in [4.78, 5) is 0. The molecule has 0 saturated heterocycles. The van der Waals surface area contributed by atoms with Crippen molar-refractivity contribution >= 4 is 49.2 Å². The Bertz CT molecular complexity index is 2570. The third-order valence-corrected chi connectivity index (χ3v) is 11.2. The molecule has 8 aromatic rings. The summed E-state index contributed by atoms with van der Waals surface area (Å²) in [6.07, 6.45) is 5.06. The topological polar surface area (TPSA) is 9.86 Å². The summed E-state index contributed by atoms with van der Waals surface area (Å²) in [6.45, 7) is 4.90. The normalized spacial score (nSPS) is 15.6. The summed E-state index contributed by atoms with van der Waals surface area (Å²) in [5.41, 5.74) is 16.3. The van der Waals surface area contributed by atoms with Crippen molar-refractivity contribution in [1.29, 1.82) is 0 Å². The van der Waals surface area contributed by atoms with E-state index in [0.717, 1.165) is 0 Å². The van der Waals surface area contributed by atoms with Gasteiger partial charge in [-0.2, -0.15) is 0 Å². The number of benzene rings is 6. The Balaban J connectivity index is 1.21. The van der Waals surface area contributed by atoms with Gasteiger partial charge in [-0.05, 0) is 114 Å². The average Bonchev–Trinajstić information content (AvgIpc) is 3.70. The smallest absolute Gasteiger partial charge is 0.0547 e. The van der Waals surface area contributed by atoms with Crippen LogP contribution in [0.1, 0.15) is 50.7 Å². The van der Waals surface area contributed by atoms with E-state index in [1.165, 1.54) is 103 Å². The van der Waals surface area contributed by atoms with Crippen molar-refractivity contribution in [2.75, 3.05) is 0 Å². The van der Waals surface area contributed by atoms with Gasteiger partial charge in [-0.15, -0.1) is 0 Å². The van der Waals surface area contributed by atoms with Gasteiger partial charge < -0.3 is 9.13 Å². The van der Waals surface area contributed by atoms with E-state index in [1.807, 2.05) is 0 Å². The zero-order valence-electron chi connectivity index (χ0n) is 26.9. The molecule has 2 aromatic heterocycles. The van der Waals surface area contributed by atoms with Gasteiger partial charge >= 0.3 is 0 Å². The van der Waals surface area contributed by atoms with Gasteiger partial charge in [0.15, 0.2) is 0 Å². The van der Waals surface area contributed by atoms with Crippen molar-refractivity contribution in [2.24, 2.45) is 0 Å². The Morgan fingerprint density at radius 3 is 1.83 bits per heavy atom. The third kappa shape index (κ3) is 3.79. The van der Waals surface area contributed by atoms with Gasteiger partial charge in [-0.25, -0.2) is 0 Å². The quantitative estimate of drug-likeness (QED) is 0.190. The molecule has 0 amide bonds. The molecule has 10 rings (SSSR count). The minimum atomic E-state index is 0.0801. The second-order valence-electron chi connectivity index (χ2n) is 14.0. The van der Waals surface area contributed by atoms with E-state index in [4.69, 9.17) is 0 Å². The molecule has 0 N–H and O–H groups in total. The Labute approximate surface area is 275 Å². The van der Waals surface area contributed by atoms with Gasteiger partial charge in [0.1, 0.15) is 0 Å². The Kier molecular flexibility index (Phi) is 5.61. The second-order valence-corrected chi connectivity index (χ2v) is 14.0. The summed E-state index contributed by atoms with van der Waals surface area (Å²) < 4.78 is 4.89. The summed E-state index contributed by atoms with van der Waals surface area (Å²) in [6, 6.07) is 49.6. The zero-order valence-corrected chi connectivity index (χ0v) is 26.9. The van der Waals surface area contributed by atoms with Crippen LogP contribution in [0, 0.1) is 0 Å². The monoisotopic (exact) mass is 604 g/mol. The summed E-state index contributed by atoms with van der Waals surface area (Å²) in [5, 5.41) is 5.23. The van der Waals surface area contributed by atoms with Crippen molar-refractivity contribution in [3.63, 3.8) is 0 Å². The summed E-state index contributed by atoms with van der Waals surface area (Å²) in [7, 11) is 0. The maximum Gasteiger partial charge on any atom is 0.0547 e. The first-order valence-electron chi connectivity index (χ1n) is 17.1. The van der Waals surface area contributed by atoms with E-state index in [9.17, 15) is 0 Å². The lowest BCUT2D eigenvalue weighted by Crippen LogP contribution is -2.18. The van der Waals surface area contributed by atoms with Crippen molar-refractivity contribution in [3.05, 3.63) is 150 Å². The number of nitrogens with zero attached hydrogens (tertiary/aromatic N) is 2. The molecule has 0 atom stereocenters. The van der Waals surface area contributed by atoms with Crippen LogP contribution in [0.5, 0.6) is 0 Å². The highest BCUT2D eigenvalue weighted by Gasteiger charge is 2.39. The first-order valence-corrected chi connectivity index (χ1v) is 17.1. The van der Waals surface area contributed by atoms with Crippen LogP contribution in [-0.2, 0) is 5.41 Å². The fourth-order valence-electron chi connectivity index (χ4n) is 8.93. The number of allylic oxidation sites excluding steroid dienone is 2. The highest BCUT2D eigenvalue weighted by atomic mass is 15.0. The van der Waals surface area contributed by atoms with Crippen LogP contribution >= 0.6 is 0 Å². The van der Waals surface area contributed by atoms with Crippen LogP contribution < -0.4 is 0 Å². The number of hydrogen-bond acceptors (Lipinski definition) is 0. The van der Waals surface area contributed by atoms with Gasteiger partial charge in [0.2, 0.25) is 0 Å². The Morgan fingerprint density at radius 1 is 0.468 bits per heavy atom. The lowest BCUT2D eigenvalue weighted by atomic mass is 9.77. The SMILES string of the molecule is CC1(C)C2=C(CCCC2)c2cc3c4ccc(-c5ccc6c(c5)c5ccccc5n6-c5ccccc5)cc4n(-c4ccccc4)c3cc21. The van der Waals surface area contributed by atoms with Crippen LogP contribution in [0.4, 0.5) is 0 Å². The maximum absolute atomic E-state index is 2.53. The zero-order chi connectivity index (χ0) is 31.3. The number of rotatable bonds is 3. The molecule has 0 saturated carbocycles. The molecular weight excluding hydrogens is 569 g/mol. The molecule has 0 fully saturated rings. The number of aromatic nitrogens is 2. The first kappa shape index (κ1) is 26.8. The minimum absolute atomic E-state index is 0.0801. The molecule has 2 heteroatoms. The molecule has 2 aliphatic rings. The summed E-state index contributed by atoms with van der Waals surface area (Å²) >= 11 is 0. The van der Waals surface area contributed by atoms with E-state index in [2.05, 4.69) is 156 Å². The molecule has 0 spiro atoms. The number of fused-ring (bicyclic) bond motifs is 8. The first-order chi connectivity index (χ1) is 23.1. The molecule has 2 heterocycles. The fourth-order valence-corrected chi connectivity index (χ4v) is 8.93. The van der Waals surface area contributed by atoms with Gasteiger partial charge in [0.25, 0.3) is 0 Å². The predicted octanol–water partition coefficient (Wildman–Crippen LogP) is 12.2. The average molecular weight is 605 g/mol. The largest absolute Gasteiger partial charge is 0.309 e. The van der Waals surface area contributed by atoms with Crippen molar-refractivity contribution in [3.8, 4) is 22.5 Å². The van der Waals surface area contributed by atoms with Crippen LogP contribution in [0.25, 0.3) is 71.7 Å². The van der Waals surface area contributed by atoms with E-state index in [-0.39, 0.29) is 5.41 Å². The van der Waals surface area contributed by atoms with Crippen LogP contribution in [-0.4, -0.2) is 9.13 Å². The highest BCUT2D eigenvalue weighted by Crippen LogP contribution is 2.53. The van der Waals surface area contributed by atoms with Gasteiger partial charge in [-0.3, -0.25) is 0 Å².